The molecule has 1 N–H and O–H groups in total. The molecule has 0 saturated heterocycles. The van der Waals surface area contributed by atoms with Gasteiger partial charge in [0.2, 0.25) is 0 Å². The molecule has 1 aromatic heterocycles. The van der Waals surface area contributed by atoms with Crippen molar-refractivity contribution in [1.82, 2.24) is 4.98 Å². The number of nitrogens with one attached hydrogen (secondary N) is 1. The lowest BCUT2D eigenvalue weighted by atomic mass is 9.94. The van der Waals surface area contributed by atoms with E-state index in [-0.39, 0.29) is 11.1 Å². The number of pyridine rings is 1. The van der Waals surface area contributed by atoms with Crippen LogP contribution in [0.25, 0.3) is 33.2 Å². The van der Waals surface area contributed by atoms with Crippen molar-refractivity contribution < 1.29 is 0 Å². The highest BCUT2D eigenvalue weighted by molar-refractivity contribution is 5.87. The number of nitrogens with zero attached hydrogens (tertiary/aromatic N) is 1. The highest BCUT2D eigenvalue weighted by Crippen LogP contribution is 2.30. The third-order valence-corrected chi connectivity index (χ3v) is 4.89. The number of fused-ring (bicyclic) bond motifs is 1. The van der Waals surface area contributed by atoms with Gasteiger partial charge in [-0.15, -0.1) is 0 Å². The maximum atomic E-state index is 12.6. The van der Waals surface area contributed by atoms with E-state index in [1.54, 1.807) is 0 Å². The normalized spacial score (nSPS) is 10.7. The molecule has 3 nitrogen and oxygen atoms in total. The predicted octanol–water partition coefficient (Wildman–Crippen LogP) is 5.35. The molecule has 0 unspecified atom stereocenters. The summed E-state index contributed by atoms with van der Waals surface area (Å²) in [4.78, 5) is 15.5. The van der Waals surface area contributed by atoms with Crippen LogP contribution in [0.2, 0.25) is 0 Å². The van der Waals surface area contributed by atoms with Gasteiger partial charge in [-0.2, -0.15) is 5.26 Å². The molecular formula is C24H18N2O. The van der Waals surface area contributed by atoms with Gasteiger partial charge in [-0.1, -0.05) is 60.2 Å². The van der Waals surface area contributed by atoms with Crippen LogP contribution in [0.5, 0.6) is 0 Å². The zero-order valence-corrected chi connectivity index (χ0v) is 15.2. The number of aryl methyl sites for hydroxylation is 2. The number of nitriles is 1. The summed E-state index contributed by atoms with van der Waals surface area (Å²) in [6.45, 7) is 4.00. The molecule has 0 fully saturated rings. The van der Waals surface area contributed by atoms with Crippen molar-refractivity contribution in [1.29, 1.82) is 5.26 Å². The second kappa shape index (κ2) is 6.59. The van der Waals surface area contributed by atoms with E-state index >= 15 is 0 Å². The van der Waals surface area contributed by atoms with Gasteiger partial charge in [-0.25, -0.2) is 0 Å². The Bertz CT molecular complexity index is 1280. The molecule has 0 saturated carbocycles. The van der Waals surface area contributed by atoms with E-state index in [2.05, 4.69) is 23.2 Å². The Kier molecular flexibility index (Phi) is 4.10. The minimum Gasteiger partial charge on any atom is -0.321 e. The quantitative estimate of drug-likeness (QED) is 0.530. The fraction of sp³-hybridized carbons (Fsp3) is 0.0833. The Morgan fingerprint density at radius 2 is 1.63 bits per heavy atom. The van der Waals surface area contributed by atoms with Crippen LogP contribution in [-0.4, -0.2) is 4.98 Å². The minimum atomic E-state index is -0.362. The van der Waals surface area contributed by atoms with Crippen LogP contribution in [0.3, 0.4) is 0 Å². The van der Waals surface area contributed by atoms with Gasteiger partial charge in [-0.05, 0) is 53.4 Å². The average molecular weight is 350 g/mol. The molecule has 0 aliphatic rings. The lowest BCUT2D eigenvalue weighted by Gasteiger charge is -2.12. The number of H-pyrrole nitrogens is 1. The van der Waals surface area contributed by atoms with Gasteiger partial charge in [0.15, 0.2) is 0 Å². The van der Waals surface area contributed by atoms with Crippen molar-refractivity contribution in [2.45, 2.75) is 13.8 Å². The van der Waals surface area contributed by atoms with Crippen LogP contribution in [0, 0.1) is 25.2 Å². The van der Waals surface area contributed by atoms with Crippen LogP contribution in [0.4, 0.5) is 0 Å². The predicted molar refractivity (Wildman–Crippen MR) is 110 cm³/mol. The maximum absolute atomic E-state index is 12.6. The molecule has 1 heterocycles. The summed E-state index contributed by atoms with van der Waals surface area (Å²) in [5.41, 5.74) is 5.12. The zero-order chi connectivity index (χ0) is 19.0. The van der Waals surface area contributed by atoms with Gasteiger partial charge in [-0.3, -0.25) is 4.79 Å². The third kappa shape index (κ3) is 3.02. The molecule has 3 aromatic carbocycles. The van der Waals surface area contributed by atoms with Gasteiger partial charge >= 0.3 is 0 Å². The number of benzene rings is 3. The first-order valence-electron chi connectivity index (χ1n) is 8.81. The van der Waals surface area contributed by atoms with E-state index in [0.717, 1.165) is 33.0 Å². The van der Waals surface area contributed by atoms with Crippen molar-refractivity contribution in [2.24, 2.45) is 0 Å². The van der Waals surface area contributed by atoms with Gasteiger partial charge < -0.3 is 4.98 Å². The molecule has 0 spiro atoms. The number of rotatable bonds is 2. The van der Waals surface area contributed by atoms with Crippen LogP contribution in [0.15, 0.2) is 71.5 Å². The Morgan fingerprint density at radius 3 is 2.41 bits per heavy atom. The lowest BCUT2D eigenvalue weighted by Crippen LogP contribution is -2.13. The van der Waals surface area contributed by atoms with E-state index in [1.807, 2.05) is 68.4 Å². The molecule has 4 rings (SSSR count). The Balaban J connectivity index is 1.98. The largest absolute Gasteiger partial charge is 0.321 e. The molecule has 0 aliphatic heterocycles. The molecule has 3 heteroatoms. The molecular weight excluding hydrogens is 332 g/mol. The van der Waals surface area contributed by atoms with Crippen molar-refractivity contribution in [2.75, 3.05) is 0 Å². The van der Waals surface area contributed by atoms with Gasteiger partial charge in [0, 0.05) is 11.3 Å². The number of aromatic nitrogens is 1. The number of aromatic amines is 1. The summed E-state index contributed by atoms with van der Waals surface area (Å²) in [5.74, 6) is 0. The van der Waals surface area contributed by atoms with Crippen molar-refractivity contribution >= 4 is 10.8 Å². The van der Waals surface area contributed by atoms with Crippen LogP contribution in [0.1, 0.15) is 16.7 Å². The monoisotopic (exact) mass is 350 g/mol. The van der Waals surface area contributed by atoms with Crippen LogP contribution >= 0.6 is 0 Å². The molecule has 0 amide bonds. The van der Waals surface area contributed by atoms with Crippen molar-refractivity contribution in [3.63, 3.8) is 0 Å². The van der Waals surface area contributed by atoms with Gasteiger partial charge in [0.25, 0.3) is 5.56 Å². The first-order chi connectivity index (χ1) is 13.1. The SMILES string of the molecule is Cc1ccc(C)c(-c2cc(-c3ccc4ccccc4c3)[nH]c(=O)c2C#N)c1. The van der Waals surface area contributed by atoms with E-state index in [1.165, 1.54) is 0 Å². The van der Waals surface area contributed by atoms with Crippen molar-refractivity contribution in [3.05, 3.63) is 93.8 Å². The second-order valence-corrected chi connectivity index (χ2v) is 6.79. The van der Waals surface area contributed by atoms with Crippen molar-refractivity contribution in [3.8, 4) is 28.5 Å². The van der Waals surface area contributed by atoms with E-state index in [9.17, 15) is 10.1 Å². The highest BCUT2D eigenvalue weighted by Gasteiger charge is 2.14. The van der Waals surface area contributed by atoms with Gasteiger partial charge in [0.05, 0.1) is 0 Å². The molecule has 4 aromatic rings. The van der Waals surface area contributed by atoms with Crippen LogP contribution in [-0.2, 0) is 0 Å². The van der Waals surface area contributed by atoms with Gasteiger partial charge in [0.1, 0.15) is 11.6 Å². The second-order valence-electron chi connectivity index (χ2n) is 6.79. The summed E-state index contributed by atoms with van der Waals surface area (Å²) in [7, 11) is 0. The first kappa shape index (κ1) is 16.8. The molecule has 0 radical (unpaired) electrons. The standard InChI is InChI=1S/C24H18N2O/c1-15-7-8-16(2)20(11-15)21-13-23(26-24(27)22(21)14-25)19-10-9-17-5-3-4-6-18(17)12-19/h3-13H,1-2H3,(H,26,27). The Morgan fingerprint density at radius 1 is 0.852 bits per heavy atom. The average Bonchev–Trinajstić information content (AvgIpc) is 2.69. The maximum Gasteiger partial charge on any atom is 0.266 e. The summed E-state index contributed by atoms with van der Waals surface area (Å²) in [5, 5.41) is 11.8. The lowest BCUT2D eigenvalue weighted by molar-refractivity contribution is 1.22. The summed E-state index contributed by atoms with van der Waals surface area (Å²) in [6.07, 6.45) is 0. The smallest absolute Gasteiger partial charge is 0.266 e. The Labute approximate surface area is 157 Å². The minimum absolute atomic E-state index is 0.147. The topological polar surface area (TPSA) is 56.6 Å². The highest BCUT2D eigenvalue weighted by atomic mass is 16.1. The number of hydrogen-bond donors (Lipinski definition) is 1. The third-order valence-electron chi connectivity index (χ3n) is 4.89. The summed E-state index contributed by atoms with van der Waals surface area (Å²) >= 11 is 0. The fourth-order valence-electron chi connectivity index (χ4n) is 3.42. The molecule has 27 heavy (non-hydrogen) atoms. The van der Waals surface area contributed by atoms with Crippen LogP contribution < -0.4 is 5.56 Å². The first-order valence-corrected chi connectivity index (χ1v) is 8.81. The number of hydrogen-bond acceptors (Lipinski definition) is 2. The zero-order valence-electron chi connectivity index (χ0n) is 15.2. The summed E-state index contributed by atoms with van der Waals surface area (Å²) in [6, 6.07) is 24.2. The van der Waals surface area contributed by atoms with E-state index < -0.39 is 0 Å². The fourth-order valence-corrected chi connectivity index (χ4v) is 3.42. The molecule has 0 atom stereocenters. The molecule has 130 valence electrons. The van der Waals surface area contributed by atoms with E-state index in [4.69, 9.17) is 0 Å². The Hall–Kier alpha value is -3.64. The molecule has 0 bridgehead atoms. The summed E-state index contributed by atoms with van der Waals surface area (Å²) < 4.78 is 0. The van der Waals surface area contributed by atoms with E-state index in [0.29, 0.717) is 11.3 Å². The molecule has 0 aliphatic carbocycles.